The van der Waals surface area contributed by atoms with Gasteiger partial charge >= 0.3 is 5.69 Å². The van der Waals surface area contributed by atoms with Gasteiger partial charge in [-0.15, -0.1) is 0 Å². The van der Waals surface area contributed by atoms with Crippen LogP contribution in [0, 0.1) is 0 Å². The Balaban J connectivity index is 1.67. The summed E-state index contributed by atoms with van der Waals surface area (Å²) in [5.41, 5.74) is 2.30. The average molecular weight is 518 g/mol. The normalized spacial score (nSPS) is 16.6. The summed E-state index contributed by atoms with van der Waals surface area (Å²) in [5.74, 6) is 0.587. The summed E-state index contributed by atoms with van der Waals surface area (Å²) < 4.78 is 35.6. The van der Waals surface area contributed by atoms with Crippen LogP contribution in [0.15, 0.2) is 72.2 Å². The summed E-state index contributed by atoms with van der Waals surface area (Å²) in [4.78, 5) is 17.5. The van der Waals surface area contributed by atoms with Gasteiger partial charge in [0, 0.05) is 37.6 Å². The lowest BCUT2D eigenvalue weighted by Gasteiger charge is -2.25. The van der Waals surface area contributed by atoms with Gasteiger partial charge in [0.05, 0.1) is 31.2 Å². The van der Waals surface area contributed by atoms with Crippen LogP contribution in [0.2, 0.25) is 0 Å². The molecular weight excluding hydrogens is 482 g/mol. The topological polar surface area (TPSA) is 98.9 Å². The van der Waals surface area contributed by atoms with Crippen molar-refractivity contribution in [1.29, 1.82) is 0 Å². The molecule has 11 heteroatoms. The van der Waals surface area contributed by atoms with Crippen LogP contribution >= 0.6 is 0 Å². The zero-order valence-corrected chi connectivity index (χ0v) is 22.1. The molecule has 1 aromatic carbocycles. The van der Waals surface area contributed by atoms with E-state index in [2.05, 4.69) is 28.1 Å². The Morgan fingerprint density at radius 3 is 2.36 bits per heavy atom. The fourth-order valence-corrected chi connectivity index (χ4v) is 4.69. The quantitative estimate of drug-likeness (QED) is 0.270. The van der Waals surface area contributed by atoms with Gasteiger partial charge in [0.15, 0.2) is 0 Å². The molecule has 2 heterocycles. The van der Waals surface area contributed by atoms with Crippen molar-refractivity contribution in [3.63, 3.8) is 0 Å². The van der Waals surface area contributed by atoms with Crippen LogP contribution in [0.5, 0.6) is 0 Å². The van der Waals surface area contributed by atoms with Crippen molar-refractivity contribution >= 4 is 15.8 Å². The molecule has 0 unspecified atom stereocenters. The van der Waals surface area contributed by atoms with Crippen LogP contribution in [-0.2, 0) is 19.0 Å². The van der Waals surface area contributed by atoms with Gasteiger partial charge in [-0.3, -0.25) is 4.18 Å². The molecule has 0 bridgehead atoms. The predicted molar refractivity (Wildman–Crippen MR) is 141 cm³/mol. The average Bonchev–Trinajstić information content (AvgIpc) is 3.05. The molecule has 0 N–H and O–H groups in total. The van der Waals surface area contributed by atoms with Gasteiger partial charge in [0.25, 0.3) is 10.1 Å². The summed E-state index contributed by atoms with van der Waals surface area (Å²) in [7, 11) is -2.05. The maximum absolute atomic E-state index is 12.9. The van der Waals surface area contributed by atoms with Gasteiger partial charge in [0.2, 0.25) is 0 Å². The second-order valence-electron chi connectivity index (χ2n) is 8.81. The smallest absolute Gasteiger partial charge is 0.350 e. The van der Waals surface area contributed by atoms with Crippen LogP contribution in [-0.4, -0.2) is 73.3 Å². The molecule has 36 heavy (non-hydrogen) atoms. The Hall–Kier alpha value is -3.31. The molecule has 1 fully saturated rings. The van der Waals surface area contributed by atoms with Crippen LogP contribution in [0.4, 0.5) is 5.69 Å². The molecule has 1 saturated heterocycles. The Bertz CT molecular complexity index is 1260. The highest BCUT2D eigenvalue weighted by Gasteiger charge is 2.23. The summed E-state index contributed by atoms with van der Waals surface area (Å²) in [6, 6.07) is 7.18. The van der Waals surface area contributed by atoms with Crippen molar-refractivity contribution in [1.82, 2.24) is 19.2 Å². The number of aromatic nitrogens is 3. The first-order chi connectivity index (χ1) is 17.0. The molecule has 0 aliphatic carbocycles. The van der Waals surface area contributed by atoms with E-state index in [1.54, 1.807) is 21.0 Å². The number of hydrogen-bond acceptors (Lipinski definition) is 8. The fourth-order valence-electron chi connectivity index (χ4n) is 3.98. The van der Waals surface area contributed by atoms with Crippen molar-refractivity contribution in [2.45, 2.75) is 32.4 Å². The monoisotopic (exact) mass is 517 g/mol. The molecular formula is C25H35N5O5S. The van der Waals surface area contributed by atoms with Crippen molar-refractivity contribution in [2.75, 3.05) is 44.4 Å². The molecule has 1 aliphatic rings. The van der Waals surface area contributed by atoms with Crippen LogP contribution in [0.3, 0.4) is 0 Å². The molecule has 0 radical (unpaired) electrons. The van der Waals surface area contributed by atoms with Crippen molar-refractivity contribution in [2.24, 2.45) is 0 Å². The van der Waals surface area contributed by atoms with E-state index in [1.807, 2.05) is 36.4 Å². The first kappa shape index (κ1) is 27.3. The number of anilines is 1. The number of methoxy groups -OCH3 is 1. The van der Waals surface area contributed by atoms with E-state index in [4.69, 9.17) is 8.92 Å². The second-order valence-corrected chi connectivity index (χ2v) is 10.4. The molecule has 10 nitrogen and oxygen atoms in total. The highest BCUT2D eigenvalue weighted by Crippen LogP contribution is 2.20. The third kappa shape index (κ3) is 6.88. The number of allylic oxidation sites excluding steroid dienone is 2. The summed E-state index contributed by atoms with van der Waals surface area (Å²) in [6.07, 6.45) is 6.39. The van der Waals surface area contributed by atoms with Crippen LogP contribution in [0.25, 0.3) is 5.69 Å². The van der Waals surface area contributed by atoms with E-state index in [1.165, 1.54) is 15.6 Å². The van der Waals surface area contributed by atoms with Gasteiger partial charge in [0.1, 0.15) is 12.1 Å². The van der Waals surface area contributed by atoms with Crippen LogP contribution in [0.1, 0.15) is 26.3 Å². The summed E-state index contributed by atoms with van der Waals surface area (Å²) in [6.45, 7) is 14.7. The largest absolute Gasteiger partial charge is 0.497 e. The third-order valence-electron chi connectivity index (χ3n) is 6.20. The first-order valence-corrected chi connectivity index (χ1v) is 13.6. The summed E-state index contributed by atoms with van der Waals surface area (Å²) >= 11 is 0. The second kappa shape index (κ2) is 11.6. The maximum Gasteiger partial charge on any atom is 0.350 e. The van der Waals surface area contributed by atoms with E-state index in [-0.39, 0.29) is 5.69 Å². The predicted octanol–water partition coefficient (Wildman–Crippen LogP) is 2.70. The van der Waals surface area contributed by atoms with Gasteiger partial charge < -0.3 is 14.5 Å². The van der Waals surface area contributed by atoms with Crippen LogP contribution < -0.4 is 10.6 Å². The zero-order valence-electron chi connectivity index (χ0n) is 21.3. The SMILES string of the molecule is C=C(/C=C\C(=C)N1CCCN(c2ccc(-n3cnn([C@@H](C)[C@@H](C)OS(C)(=O)=O)c3=O)cc2)CC1)OC. The highest BCUT2D eigenvalue weighted by atomic mass is 32.2. The molecule has 2 aromatic rings. The number of nitrogens with zero attached hydrogens (tertiary/aromatic N) is 5. The molecule has 0 spiro atoms. The number of rotatable bonds is 10. The minimum Gasteiger partial charge on any atom is -0.497 e. The minimum absolute atomic E-state index is 0.368. The molecule has 2 atom stereocenters. The number of benzene rings is 1. The van der Waals surface area contributed by atoms with Crippen molar-refractivity contribution < 1.29 is 17.3 Å². The molecule has 1 aromatic heterocycles. The molecule has 196 valence electrons. The van der Waals surface area contributed by atoms with Crippen molar-refractivity contribution in [3.05, 3.63) is 77.8 Å². The number of hydrogen-bond donors (Lipinski definition) is 0. The van der Waals surface area contributed by atoms with E-state index in [9.17, 15) is 13.2 Å². The van der Waals surface area contributed by atoms with Crippen molar-refractivity contribution in [3.8, 4) is 5.69 Å². The third-order valence-corrected chi connectivity index (χ3v) is 6.86. The van der Waals surface area contributed by atoms with E-state index >= 15 is 0 Å². The van der Waals surface area contributed by atoms with E-state index < -0.39 is 22.3 Å². The molecule has 3 rings (SSSR count). The minimum atomic E-state index is -3.64. The Labute approximate surface area is 212 Å². The van der Waals surface area contributed by atoms with Gasteiger partial charge in [-0.25, -0.2) is 14.0 Å². The lowest BCUT2D eigenvalue weighted by atomic mass is 10.2. The van der Waals surface area contributed by atoms with Gasteiger partial charge in [-0.1, -0.05) is 13.2 Å². The Morgan fingerprint density at radius 2 is 1.72 bits per heavy atom. The Morgan fingerprint density at radius 1 is 1.06 bits per heavy atom. The lowest BCUT2D eigenvalue weighted by Crippen LogP contribution is -2.33. The standard InChI is InChI=1S/C25H35N5O5S/c1-19(8-9-20(2)34-5)27-14-7-15-28(17-16-27)23-10-12-24(13-11-23)29-18-26-30(25(29)31)21(3)22(4)35-36(6,32)33/h8-13,18,21-22H,1-2,7,14-17H2,3-6H3/b9-8-/t21-,22+/m0/s1. The molecule has 0 saturated carbocycles. The molecule has 1 aliphatic heterocycles. The maximum atomic E-state index is 12.9. The van der Waals surface area contributed by atoms with E-state index in [0.29, 0.717) is 11.4 Å². The fraction of sp³-hybridized carbons (Fsp3) is 0.440. The first-order valence-electron chi connectivity index (χ1n) is 11.7. The molecule has 0 amide bonds. The zero-order chi connectivity index (χ0) is 26.5. The number of ether oxygens (including phenoxy) is 1. The van der Waals surface area contributed by atoms with Gasteiger partial charge in [-0.2, -0.15) is 13.5 Å². The lowest BCUT2D eigenvalue weighted by molar-refractivity contribution is 0.163. The van der Waals surface area contributed by atoms with E-state index in [0.717, 1.165) is 50.2 Å². The summed E-state index contributed by atoms with van der Waals surface area (Å²) in [5, 5.41) is 4.17. The Kier molecular flexibility index (Phi) is 8.80. The van der Waals surface area contributed by atoms with Gasteiger partial charge in [-0.05, 0) is 56.7 Å². The highest BCUT2D eigenvalue weighted by molar-refractivity contribution is 7.86.